The van der Waals surface area contributed by atoms with Crippen LogP contribution in [0.5, 0.6) is 0 Å². The lowest BCUT2D eigenvalue weighted by Gasteiger charge is -2.42. The maximum absolute atomic E-state index is 3.69. The lowest BCUT2D eigenvalue weighted by molar-refractivity contribution is 0.0841. The van der Waals surface area contributed by atoms with Crippen LogP contribution in [-0.4, -0.2) is 62.2 Å². The summed E-state index contributed by atoms with van der Waals surface area (Å²) in [6, 6.07) is 1.32. The van der Waals surface area contributed by atoms with Crippen LogP contribution in [0.1, 0.15) is 33.6 Å². The molecule has 1 rings (SSSR count). The summed E-state index contributed by atoms with van der Waals surface area (Å²) in [5, 5.41) is 3.69. The largest absolute Gasteiger partial charge is 0.313 e. The Balaban J connectivity index is 2.53. The normalized spacial score (nSPS) is 25.4. The third-order valence-electron chi connectivity index (χ3n) is 3.89. The molecule has 1 N–H and O–H groups in total. The minimum absolute atomic E-state index is 0.648. The van der Waals surface area contributed by atoms with Crippen molar-refractivity contribution in [3.05, 3.63) is 0 Å². The lowest BCUT2D eigenvalue weighted by Crippen LogP contribution is -2.58. The molecular weight excluding hydrogens is 210 g/mol. The van der Waals surface area contributed by atoms with Gasteiger partial charge in [0.25, 0.3) is 0 Å². The molecule has 1 heterocycles. The van der Waals surface area contributed by atoms with Gasteiger partial charge in [0.05, 0.1) is 0 Å². The molecule has 0 aromatic rings. The van der Waals surface area contributed by atoms with Gasteiger partial charge in [0.15, 0.2) is 0 Å². The number of piperazine rings is 1. The molecule has 0 bridgehead atoms. The fourth-order valence-corrected chi connectivity index (χ4v) is 2.68. The van der Waals surface area contributed by atoms with E-state index in [-0.39, 0.29) is 0 Å². The molecule has 0 aromatic carbocycles. The zero-order chi connectivity index (χ0) is 12.8. The minimum atomic E-state index is 0.648. The first-order valence-corrected chi connectivity index (χ1v) is 7.16. The summed E-state index contributed by atoms with van der Waals surface area (Å²) >= 11 is 0. The highest BCUT2D eigenvalue weighted by atomic mass is 15.3. The van der Waals surface area contributed by atoms with Crippen LogP contribution >= 0.6 is 0 Å². The van der Waals surface area contributed by atoms with Gasteiger partial charge in [-0.25, -0.2) is 0 Å². The molecule has 1 aliphatic rings. The minimum Gasteiger partial charge on any atom is -0.313 e. The fourth-order valence-electron chi connectivity index (χ4n) is 2.68. The zero-order valence-electron chi connectivity index (χ0n) is 12.4. The Kier molecular flexibility index (Phi) is 6.45. The first-order chi connectivity index (χ1) is 8.04. The van der Waals surface area contributed by atoms with Crippen molar-refractivity contribution in [1.82, 2.24) is 15.1 Å². The molecule has 1 fully saturated rings. The molecule has 0 amide bonds. The van der Waals surface area contributed by atoms with Crippen LogP contribution in [0.15, 0.2) is 0 Å². The summed E-state index contributed by atoms with van der Waals surface area (Å²) < 4.78 is 0. The Morgan fingerprint density at radius 2 is 1.88 bits per heavy atom. The SMILES string of the molecule is CCNC(CCC(C)C)C1CN(C)CCN1C. The van der Waals surface area contributed by atoms with Crippen molar-refractivity contribution >= 4 is 0 Å². The van der Waals surface area contributed by atoms with Crippen LogP contribution in [0, 0.1) is 5.92 Å². The van der Waals surface area contributed by atoms with Crippen molar-refractivity contribution in [2.45, 2.75) is 45.7 Å². The summed E-state index contributed by atoms with van der Waals surface area (Å²) in [6.45, 7) is 11.5. The molecule has 0 radical (unpaired) electrons. The predicted octanol–water partition coefficient (Wildman–Crippen LogP) is 1.65. The molecule has 17 heavy (non-hydrogen) atoms. The molecule has 102 valence electrons. The summed E-state index contributed by atoms with van der Waals surface area (Å²) in [5.74, 6) is 0.808. The van der Waals surface area contributed by atoms with Crippen LogP contribution < -0.4 is 5.32 Å². The number of nitrogens with one attached hydrogen (secondary N) is 1. The van der Waals surface area contributed by atoms with E-state index in [2.05, 4.69) is 50.0 Å². The maximum atomic E-state index is 3.69. The third kappa shape index (κ3) is 4.94. The first kappa shape index (κ1) is 14.9. The van der Waals surface area contributed by atoms with Crippen molar-refractivity contribution in [1.29, 1.82) is 0 Å². The van der Waals surface area contributed by atoms with Crippen LogP contribution in [0.25, 0.3) is 0 Å². The fraction of sp³-hybridized carbons (Fsp3) is 1.00. The van der Waals surface area contributed by atoms with Gasteiger partial charge in [-0.15, -0.1) is 0 Å². The molecule has 1 aliphatic heterocycles. The van der Waals surface area contributed by atoms with E-state index < -0.39 is 0 Å². The van der Waals surface area contributed by atoms with E-state index in [4.69, 9.17) is 0 Å². The predicted molar refractivity (Wildman–Crippen MR) is 75.5 cm³/mol. The van der Waals surface area contributed by atoms with Gasteiger partial charge >= 0.3 is 0 Å². The van der Waals surface area contributed by atoms with Crippen LogP contribution in [0.4, 0.5) is 0 Å². The Labute approximate surface area is 108 Å². The van der Waals surface area contributed by atoms with Crippen LogP contribution in [0.3, 0.4) is 0 Å². The quantitative estimate of drug-likeness (QED) is 0.763. The summed E-state index contributed by atoms with van der Waals surface area (Å²) in [7, 11) is 4.52. The first-order valence-electron chi connectivity index (χ1n) is 7.16. The molecule has 0 saturated carbocycles. The third-order valence-corrected chi connectivity index (χ3v) is 3.89. The van der Waals surface area contributed by atoms with Crippen molar-refractivity contribution < 1.29 is 0 Å². The average Bonchev–Trinajstić information content (AvgIpc) is 2.27. The monoisotopic (exact) mass is 241 g/mol. The number of hydrogen-bond acceptors (Lipinski definition) is 3. The van der Waals surface area contributed by atoms with Gasteiger partial charge < -0.3 is 10.2 Å². The van der Waals surface area contributed by atoms with E-state index in [0.717, 1.165) is 12.5 Å². The number of likely N-dealkylation sites (N-methyl/N-ethyl adjacent to an activating group) is 3. The van der Waals surface area contributed by atoms with Crippen molar-refractivity contribution in [2.75, 3.05) is 40.3 Å². The van der Waals surface area contributed by atoms with E-state index >= 15 is 0 Å². The summed E-state index contributed by atoms with van der Waals surface area (Å²) in [6.07, 6.45) is 2.63. The Bertz CT molecular complexity index is 206. The molecule has 2 unspecified atom stereocenters. The van der Waals surface area contributed by atoms with E-state index in [1.807, 2.05) is 0 Å². The molecule has 0 spiro atoms. The number of hydrogen-bond donors (Lipinski definition) is 1. The lowest BCUT2D eigenvalue weighted by atomic mass is 9.95. The molecule has 3 nitrogen and oxygen atoms in total. The van der Waals surface area contributed by atoms with Crippen molar-refractivity contribution in [3.8, 4) is 0 Å². The van der Waals surface area contributed by atoms with Gasteiger partial charge in [0, 0.05) is 31.7 Å². The molecule has 0 aliphatic carbocycles. The summed E-state index contributed by atoms with van der Waals surface area (Å²) in [5.41, 5.74) is 0. The van der Waals surface area contributed by atoms with Crippen LogP contribution in [0.2, 0.25) is 0 Å². The van der Waals surface area contributed by atoms with E-state index in [9.17, 15) is 0 Å². The maximum Gasteiger partial charge on any atom is 0.0373 e. The molecule has 0 aromatic heterocycles. The topological polar surface area (TPSA) is 18.5 Å². The van der Waals surface area contributed by atoms with Gasteiger partial charge in [-0.1, -0.05) is 20.8 Å². The van der Waals surface area contributed by atoms with Gasteiger partial charge in [-0.2, -0.15) is 0 Å². The second-order valence-corrected chi connectivity index (χ2v) is 5.95. The van der Waals surface area contributed by atoms with Crippen molar-refractivity contribution in [3.63, 3.8) is 0 Å². The van der Waals surface area contributed by atoms with Crippen molar-refractivity contribution in [2.24, 2.45) is 5.92 Å². The smallest absolute Gasteiger partial charge is 0.0373 e. The van der Waals surface area contributed by atoms with E-state index in [0.29, 0.717) is 12.1 Å². The van der Waals surface area contributed by atoms with Gasteiger partial charge in [0.1, 0.15) is 0 Å². The Morgan fingerprint density at radius 3 is 2.47 bits per heavy atom. The highest BCUT2D eigenvalue weighted by molar-refractivity contribution is 4.88. The molecular formula is C14H31N3. The Morgan fingerprint density at radius 1 is 1.18 bits per heavy atom. The van der Waals surface area contributed by atoms with Crippen LogP contribution in [-0.2, 0) is 0 Å². The number of nitrogens with zero attached hydrogens (tertiary/aromatic N) is 2. The second kappa shape index (κ2) is 7.34. The van der Waals surface area contributed by atoms with Gasteiger partial charge in [-0.05, 0) is 39.4 Å². The second-order valence-electron chi connectivity index (χ2n) is 5.95. The van der Waals surface area contributed by atoms with E-state index in [1.54, 1.807) is 0 Å². The molecule has 2 atom stereocenters. The highest BCUT2D eigenvalue weighted by Gasteiger charge is 2.28. The van der Waals surface area contributed by atoms with E-state index in [1.165, 1.54) is 32.5 Å². The molecule has 3 heteroatoms. The van der Waals surface area contributed by atoms with Gasteiger partial charge in [0.2, 0.25) is 0 Å². The molecule has 1 saturated heterocycles. The number of rotatable bonds is 6. The average molecular weight is 241 g/mol. The summed E-state index contributed by atoms with van der Waals surface area (Å²) in [4.78, 5) is 5.00. The highest BCUT2D eigenvalue weighted by Crippen LogP contribution is 2.16. The zero-order valence-corrected chi connectivity index (χ0v) is 12.4. The standard InChI is InChI=1S/C14H31N3/c1-6-15-13(8-7-12(2)3)14-11-16(4)9-10-17(14)5/h12-15H,6-11H2,1-5H3. The Hall–Kier alpha value is -0.120. The van der Waals surface area contributed by atoms with Gasteiger partial charge in [-0.3, -0.25) is 4.90 Å².